The molecular weight excluding hydrogens is 397 g/mol. The summed E-state index contributed by atoms with van der Waals surface area (Å²) >= 11 is 0. The average Bonchev–Trinajstić information content (AvgIpc) is 3.35. The molecule has 0 atom stereocenters. The number of halogens is 1. The van der Waals surface area contributed by atoms with Crippen LogP contribution in [0.5, 0.6) is 0 Å². The molecule has 1 aliphatic rings. The highest BCUT2D eigenvalue weighted by molar-refractivity contribution is 5.67. The summed E-state index contributed by atoms with van der Waals surface area (Å²) in [6, 6.07) is 14.4. The second-order valence-electron chi connectivity index (χ2n) is 7.07. The number of ether oxygens (including phenoxy) is 1. The highest BCUT2D eigenvalue weighted by atomic mass is 19.1. The van der Waals surface area contributed by atoms with Crippen molar-refractivity contribution in [1.29, 1.82) is 0 Å². The lowest BCUT2D eigenvalue weighted by Crippen LogP contribution is -2.36. The zero-order chi connectivity index (χ0) is 21.0. The van der Waals surface area contributed by atoms with E-state index in [1.807, 2.05) is 30.3 Å². The third-order valence-corrected chi connectivity index (χ3v) is 5.02. The van der Waals surface area contributed by atoms with Gasteiger partial charge in [0.2, 0.25) is 5.95 Å². The van der Waals surface area contributed by atoms with Gasteiger partial charge >= 0.3 is 0 Å². The maximum absolute atomic E-state index is 14.3. The van der Waals surface area contributed by atoms with Crippen LogP contribution in [0.15, 0.2) is 67.4 Å². The Labute approximate surface area is 178 Å². The Bertz CT molecular complexity index is 1160. The van der Waals surface area contributed by atoms with Crippen LogP contribution in [0.2, 0.25) is 0 Å². The van der Waals surface area contributed by atoms with Gasteiger partial charge in [0.1, 0.15) is 18.5 Å². The van der Waals surface area contributed by atoms with E-state index < -0.39 is 0 Å². The van der Waals surface area contributed by atoms with Crippen molar-refractivity contribution in [3.63, 3.8) is 0 Å². The van der Waals surface area contributed by atoms with Crippen molar-refractivity contribution in [3.05, 3.63) is 73.2 Å². The Morgan fingerprint density at radius 2 is 1.81 bits per heavy atom. The summed E-state index contributed by atoms with van der Waals surface area (Å²) in [4.78, 5) is 14.9. The molecule has 0 bridgehead atoms. The standard InChI is InChI=1S/C22H20FN7O/c23-17-11-16(12-20(13-17)29-7-9-31-10-8-29)21-5-6-25-22(28-21)27-18-1-3-19(4-2-18)30-15-24-14-26-30/h1-6,11-15H,7-10H2,(H,25,27,28). The first kappa shape index (κ1) is 19.1. The van der Waals surface area contributed by atoms with Crippen LogP contribution >= 0.6 is 0 Å². The van der Waals surface area contributed by atoms with Crippen LogP contribution in [0.4, 0.5) is 21.7 Å². The zero-order valence-corrected chi connectivity index (χ0v) is 16.6. The fourth-order valence-corrected chi connectivity index (χ4v) is 3.47. The normalized spacial score (nSPS) is 13.9. The lowest BCUT2D eigenvalue weighted by molar-refractivity contribution is 0.122. The molecule has 5 rings (SSSR count). The highest BCUT2D eigenvalue weighted by Crippen LogP contribution is 2.27. The van der Waals surface area contributed by atoms with Gasteiger partial charge in [-0.1, -0.05) is 0 Å². The van der Waals surface area contributed by atoms with Gasteiger partial charge in [-0.25, -0.2) is 24.0 Å². The third-order valence-electron chi connectivity index (χ3n) is 5.02. The van der Waals surface area contributed by atoms with Crippen LogP contribution in [0.25, 0.3) is 16.9 Å². The summed E-state index contributed by atoms with van der Waals surface area (Å²) in [5.74, 6) is 0.138. The highest BCUT2D eigenvalue weighted by Gasteiger charge is 2.14. The number of benzene rings is 2. The van der Waals surface area contributed by atoms with Gasteiger partial charge in [-0.05, 0) is 48.5 Å². The summed E-state index contributed by atoms with van der Waals surface area (Å²) in [6.07, 6.45) is 4.79. The first-order valence-corrected chi connectivity index (χ1v) is 9.93. The quantitative estimate of drug-likeness (QED) is 0.533. The molecule has 1 fully saturated rings. The van der Waals surface area contributed by atoms with Crippen LogP contribution in [-0.2, 0) is 4.74 Å². The average molecular weight is 417 g/mol. The van der Waals surface area contributed by atoms with E-state index >= 15 is 0 Å². The molecule has 1 N–H and O–H groups in total. The van der Waals surface area contributed by atoms with E-state index in [-0.39, 0.29) is 5.82 Å². The zero-order valence-electron chi connectivity index (χ0n) is 16.6. The van der Waals surface area contributed by atoms with Gasteiger partial charge in [-0.2, -0.15) is 5.10 Å². The van der Waals surface area contributed by atoms with E-state index in [0.717, 1.165) is 30.2 Å². The molecule has 4 aromatic rings. The van der Waals surface area contributed by atoms with E-state index in [1.165, 1.54) is 12.4 Å². The molecule has 2 aromatic carbocycles. The monoisotopic (exact) mass is 417 g/mol. The molecule has 0 amide bonds. The molecule has 8 nitrogen and oxygen atoms in total. The van der Waals surface area contributed by atoms with E-state index in [1.54, 1.807) is 29.3 Å². The van der Waals surface area contributed by atoms with Crippen molar-refractivity contribution < 1.29 is 9.13 Å². The lowest BCUT2D eigenvalue weighted by atomic mass is 10.1. The Hall–Kier alpha value is -3.85. The summed E-state index contributed by atoms with van der Waals surface area (Å²) in [7, 11) is 0. The molecule has 9 heteroatoms. The Morgan fingerprint density at radius 1 is 0.968 bits per heavy atom. The minimum atomic E-state index is -0.296. The molecule has 0 radical (unpaired) electrons. The number of rotatable bonds is 5. The number of aromatic nitrogens is 5. The third kappa shape index (κ3) is 4.36. The molecule has 156 valence electrons. The number of hydrogen-bond acceptors (Lipinski definition) is 7. The number of morpholine rings is 1. The van der Waals surface area contributed by atoms with Crippen LogP contribution in [0.3, 0.4) is 0 Å². The van der Waals surface area contributed by atoms with Crippen molar-refractivity contribution in [2.45, 2.75) is 0 Å². The van der Waals surface area contributed by atoms with Crippen molar-refractivity contribution in [2.75, 3.05) is 36.5 Å². The van der Waals surface area contributed by atoms with E-state index in [2.05, 4.69) is 30.3 Å². The van der Waals surface area contributed by atoms with Crippen LogP contribution in [0.1, 0.15) is 0 Å². The lowest BCUT2D eigenvalue weighted by Gasteiger charge is -2.29. The van der Waals surface area contributed by atoms with Gasteiger partial charge in [-0.3, -0.25) is 0 Å². The molecular formula is C22H20FN7O. The van der Waals surface area contributed by atoms with Gasteiger partial charge in [0.25, 0.3) is 0 Å². The molecule has 31 heavy (non-hydrogen) atoms. The Kier molecular flexibility index (Phi) is 5.24. The van der Waals surface area contributed by atoms with Gasteiger partial charge < -0.3 is 15.0 Å². The van der Waals surface area contributed by atoms with Crippen LogP contribution < -0.4 is 10.2 Å². The van der Waals surface area contributed by atoms with Crippen molar-refractivity contribution in [3.8, 4) is 16.9 Å². The van der Waals surface area contributed by atoms with E-state index in [9.17, 15) is 4.39 Å². The summed E-state index contributed by atoms with van der Waals surface area (Å²) in [5.41, 5.74) is 3.90. The second kappa shape index (κ2) is 8.49. The minimum Gasteiger partial charge on any atom is -0.378 e. The second-order valence-corrected chi connectivity index (χ2v) is 7.07. The SMILES string of the molecule is Fc1cc(-c2ccnc(Nc3ccc(-n4cncn4)cc3)n2)cc(N2CCOCC2)c1. The van der Waals surface area contributed by atoms with Crippen LogP contribution in [0, 0.1) is 5.82 Å². The first-order valence-electron chi connectivity index (χ1n) is 9.93. The number of anilines is 3. The molecule has 2 aromatic heterocycles. The number of nitrogens with zero attached hydrogens (tertiary/aromatic N) is 6. The minimum absolute atomic E-state index is 0.296. The van der Waals surface area contributed by atoms with Crippen molar-refractivity contribution >= 4 is 17.3 Å². The largest absolute Gasteiger partial charge is 0.378 e. The van der Waals surface area contributed by atoms with Gasteiger partial charge in [0, 0.05) is 36.2 Å². The van der Waals surface area contributed by atoms with E-state index in [4.69, 9.17) is 4.74 Å². The first-order chi connectivity index (χ1) is 15.2. The number of hydrogen-bond donors (Lipinski definition) is 1. The Morgan fingerprint density at radius 3 is 2.58 bits per heavy atom. The Balaban J connectivity index is 1.37. The van der Waals surface area contributed by atoms with Gasteiger partial charge in [0.15, 0.2) is 0 Å². The molecule has 1 saturated heterocycles. The fraction of sp³-hybridized carbons (Fsp3) is 0.182. The van der Waals surface area contributed by atoms with Crippen molar-refractivity contribution in [2.24, 2.45) is 0 Å². The summed E-state index contributed by atoms with van der Waals surface area (Å²) in [6.45, 7) is 2.76. The maximum atomic E-state index is 14.3. The molecule has 0 unspecified atom stereocenters. The van der Waals surface area contributed by atoms with Gasteiger partial charge in [-0.15, -0.1) is 0 Å². The van der Waals surface area contributed by atoms with Crippen molar-refractivity contribution in [1.82, 2.24) is 24.7 Å². The summed E-state index contributed by atoms with van der Waals surface area (Å²) in [5, 5.41) is 7.30. The molecule has 1 aliphatic heterocycles. The molecule has 3 heterocycles. The van der Waals surface area contributed by atoms with E-state index in [0.29, 0.717) is 30.4 Å². The summed E-state index contributed by atoms with van der Waals surface area (Å²) < 4.78 is 21.4. The predicted octanol–water partition coefficient (Wildman–Crippen LogP) is 3.44. The maximum Gasteiger partial charge on any atom is 0.227 e. The van der Waals surface area contributed by atoms with Crippen LogP contribution in [-0.4, -0.2) is 51.0 Å². The topological polar surface area (TPSA) is 81.0 Å². The fourth-order valence-electron chi connectivity index (χ4n) is 3.47. The van der Waals surface area contributed by atoms with Gasteiger partial charge in [0.05, 0.1) is 24.6 Å². The predicted molar refractivity (Wildman–Crippen MR) is 115 cm³/mol. The molecule has 0 saturated carbocycles. The molecule has 0 aliphatic carbocycles. The molecule has 0 spiro atoms. The smallest absolute Gasteiger partial charge is 0.227 e. The number of nitrogens with one attached hydrogen (secondary N) is 1.